The molecule has 0 aromatic heterocycles. The molecule has 0 saturated carbocycles. The van der Waals surface area contributed by atoms with Gasteiger partial charge in [0.05, 0.1) is 0 Å². The van der Waals surface area contributed by atoms with Gasteiger partial charge in [-0.3, -0.25) is 0 Å². The Hall–Kier alpha value is -1.92. The minimum absolute atomic E-state index is 0.100. The van der Waals surface area contributed by atoms with E-state index in [4.69, 9.17) is 11.6 Å². The van der Waals surface area contributed by atoms with Crippen molar-refractivity contribution < 1.29 is 23.4 Å². The van der Waals surface area contributed by atoms with E-state index in [0.29, 0.717) is 0 Å². The lowest BCUT2D eigenvalue weighted by Gasteiger charge is -2.19. The molecule has 0 aliphatic rings. The molecule has 0 amide bonds. The first-order chi connectivity index (χ1) is 10.3. The summed E-state index contributed by atoms with van der Waals surface area (Å²) >= 11 is 5.71. The van der Waals surface area contributed by atoms with Crippen LogP contribution in [0.15, 0.2) is 42.5 Å². The number of hydrogen-bond donors (Lipinski definition) is 3. The van der Waals surface area contributed by atoms with Gasteiger partial charge in [-0.2, -0.15) is 13.2 Å². The average Bonchev–Trinajstić information content (AvgIpc) is 2.46. The van der Waals surface area contributed by atoms with Crippen LogP contribution in [0.25, 0.3) is 0 Å². The first-order valence-electron chi connectivity index (χ1n) is 6.33. The largest absolute Gasteiger partial charge is 0.508 e. The monoisotopic (exact) mass is 331 g/mol. The molecule has 0 saturated heterocycles. The Morgan fingerprint density at radius 2 is 1.73 bits per heavy atom. The Labute approximate surface area is 130 Å². The van der Waals surface area contributed by atoms with Gasteiger partial charge in [0.25, 0.3) is 0 Å². The van der Waals surface area contributed by atoms with Crippen LogP contribution in [0.1, 0.15) is 17.2 Å². The molecule has 0 bridgehead atoms. The summed E-state index contributed by atoms with van der Waals surface area (Å²) in [4.78, 5) is 0. The molecule has 0 spiro atoms. The first-order valence-corrected chi connectivity index (χ1v) is 6.71. The second-order valence-corrected chi connectivity index (χ2v) is 5.13. The maximum Gasteiger partial charge on any atom is 0.418 e. The third-order valence-electron chi connectivity index (χ3n) is 3.04. The summed E-state index contributed by atoms with van der Waals surface area (Å²) in [6, 6.07) is 10.1. The maximum absolute atomic E-state index is 12.7. The number of phenolic OH excluding ortho intramolecular Hbond substituents is 1. The molecule has 22 heavy (non-hydrogen) atoms. The van der Waals surface area contributed by atoms with Crippen LogP contribution in [-0.2, 0) is 6.54 Å². The lowest BCUT2D eigenvalue weighted by molar-refractivity contribution is -0.206. The van der Waals surface area contributed by atoms with Crippen molar-refractivity contribution >= 4 is 17.3 Å². The zero-order valence-electron chi connectivity index (χ0n) is 11.2. The summed E-state index contributed by atoms with van der Waals surface area (Å²) in [5.74, 6) is 0.100. The minimum atomic E-state index is -4.78. The summed E-state index contributed by atoms with van der Waals surface area (Å²) in [5, 5.41) is 21.6. The fraction of sp³-hybridized carbons (Fsp3) is 0.200. The van der Waals surface area contributed by atoms with Crippen LogP contribution in [0.5, 0.6) is 5.75 Å². The summed E-state index contributed by atoms with van der Waals surface area (Å²) < 4.78 is 38.1. The van der Waals surface area contributed by atoms with Gasteiger partial charge < -0.3 is 15.5 Å². The zero-order valence-corrected chi connectivity index (χ0v) is 12.0. The SMILES string of the molecule is Oc1ccc(CNc2ccc(Cl)cc2C(O)C(F)(F)F)cc1. The molecule has 0 aliphatic carbocycles. The summed E-state index contributed by atoms with van der Waals surface area (Å²) in [6.45, 7) is 0.236. The molecule has 3 nitrogen and oxygen atoms in total. The van der Waals surface area contributed by atoms with Gasteiger partial charge in [-0.15, -0.1) is 0 Å². The highest BCUT2D eigenvalue weighted by Crippen LogP contribution is 2.37. The smallest absolute Gasteiger partial charge is 0.418 e. The van der Waals surface area contributed by atoms with Gasteiger partial charge in [0.15, 0.2) is 6.10 Å². The molecule has 2 rings (SSSR count). The minimum Gasteiger partial charge on any atom is -0.508 e. The number of aliphatic hydroxyl groups excluding tert-OH is 1. The van der Waals surface area contributed by atoms with E-state index in [2.05, 4.69) is 5.32 Å². The number of hydrogen-bond acceptors (Lipinski definition) is 3. The van der Waals surface area contributed by atoms with Crippen LogP contribution in [0.2, 0.25) is 5.02 Å². The van der Waals surface area contributed by atoms with Crippen LogP contribution in [0.4, 0.5) is 18.9 Å². The van der Waals surface area contributed by atoms with Crippen LogP contribution in [0.3, 0.4) is 0 Å². The van der Waals surface area contributed by atoms with Gasteiger partial charge in [0.1, 0.15) is 5.75 Å². The van der Waals surface area contributed by atoms with Crippen molar-refractivity contribution in [2.45, 2.75) is 18.8 Å². The number of aliphatic hydroxyl groups is 1. The number of nitrogens with one attached hydrogen (secondary N) is 1. The number of halogens is 4. The first kappa shape index (κ1) is 16.5. The highest BCUT2D eigenvalue weighted by atomic mass is 35.5. The van der Waals surface area contributed by atoms with Crippen LogP contribution in [0, 0.1) is 0 Å². The van der Waals surface area contributed by atoms with E-state index >= 15 is 0 Å². The molecule has 118 valence electrons. The van der Waals surface area contributed by atoms with Gasteiger partial charge in [-0.05, 0) is 35.9 Å². The van der Waals surface area contributed by atoms with Crippen molar-refractivity contribution in [3.05, 3.63) is 58.6 Å². The van der Waals surface area contributed by atoms with E-state index in [9.17, 15) is 23.4 Å². The Morgan fingerprint density at radius 3 is 2.32 bits per heavy atom. The zero-order chi connectivity index (χ0) is 16.3. The lowest BCUT2D eigenvalue weighted by Crippen LogP contribution is -2.21. The van der Waals surface area contributed by atoms with Crippen molar-refractivity contribution in [2.75, 3.05) is 5.32 Å². The third kappa shape index (κ3) is 4.05. The van der Waals surface area contributed by atoms with Gasteiger partial charge >= 0.3 is 6.18 Å². The highest BCUT2D eigenvalue weighted by molar-refractivity contribution is 6.30. The van der Waals surface area contributed by atoms with Gasteiger partial charge in [0.2, 0.25) is 0 Å². The molecule has 0 aliphatic heterocycles. The lowest BCUT2D eigenvalue weighted by atomic mass is 10.1. The molecule has 2 aromatic carbocycles. The topological polar surface area (TPSA) is 52.5 Å². The second-order valence-electron chi connectivity index (χ2n) is 4.70. The molecule has 1 atom stereocenters. The standard InChI is InChI=1S/C15H13ClF3NO2/c16-10-3-6-13(12(7-10)14(22)15(17,18)19)20-8-9-1-4-11(21)5-2-9/h1-7,14,20-22H,8H2. The van der Waals surface area contributed by atoms with Gasteiger partial charge in [-0.1, -0.05) is 23.7 Å². The van der Waals surface area contributed by atoms with Gasteiger partial charge in [0, 0.05) is 22.8 Å². The Kier molecular flexibility index (Phi) is 4.83. The Balaban J connectivity index is 2.21. The van der Waals surface area contributed by atoms with E-state index in [-0.39, 0.29) is 28.6 Å². The molecular formula is C15H13ClF3NO2. The predicted octanol–water partition coefficient (Wildman–Crippen LogP) is 4.25. The van der Waals surface area contributed by atoms with Crippen LogP contribution < -0.4 is 5.32 Å². The summed E-state index contributed by atoms with van der Waals surface area (Å²) in [7, 11) is 0. The molecule has 0 radical (unpaired) electrons. The molecule has 3 N–H and O–H groups in total. The molecule has 1 unspecified atom stereocenters. The molecular weight excluding hydrogens is 319 g/mol. The summed E-state index contributed by atoms with van der Waals surface area (Å²) in [5.41, 5.74) is 0.571. The predicted molar refractivity (Wildman–Crippen MR) is 77.9 cm³/mol. The number of aromatic hydroxyl groups is 1. The van der Waals surface area contributed by atoms with Crippen molar-refractivity contribution in [1.82, 2.24) is 0 Å². The normalized spacial score (nSPS) is 13.0. The van der Waals surface area contributed by atoms with Crippen molar-refractivity contribution in [3.8, 4) is 5.75 Å². The maximum atomic E-state index is 12.7. The average molecular weight is 332 g/mol. The Morgan fingerprint density at radius 1 is 1.09 bits per heavy atom. The Bertz CT molecular complexity index is 644. The molecule has 7 heteroatoms. The van der Waals surface area contributed by atoms with Crippen molar-refractivity contribution in [1.29, 1.82) is 0 Å². The van der Waals surface area contributed by atoms with E-state index in [1.54, 1.807) is 12.1 Å². The van der Waals surface area contributed by atoms with Crippen molar-refractivity contribution in [2.24, 2.45) is 0 Å². The number of benzene rings is 2. The number of rotatable bonds is 4. The number of phenols is 1. The van der Waals surface area contributed by atoms with E-state index < -0.39 is 12.3 Å². The van der Waals surface area contributed by atoms with Crippen LogP contribution >= 0.6 is 11.6 Å². The fourth-order valence-corrected chi connectivity index (χ4v) is 2.09. The number of alkyl halides is 3. The second kappa shape index (κ2) is 6.46. The van der Waals surface area contributed by atoms with Crippen molar-refractivity contribution in [3.63, 3.8) is 0 Å². The number of anilines is 1. The fourth-order valence-electron chi connectivity index (χ4n) is 1.91. The van der Waals surface area contributed by atoms with E-state index in [0.717, 1.165) is 11.6 Å². The summed E-state index contributed by atoms with van der Waals surface area (Å²) in [6.07, 6.45) is -7.40. The quantitative estimate of drug-likeness (QED) is 0.785. The van der Waals surface area contributed by atoms with E-state index in [1.807, 2.05) is 0 Å². The molecule has 2 aromatic rings. The molecule has 0 heterocycles. The highest BCUT2D eigenvalue weighted by Gasteiger charge is 2.40. The molecule has 0 fully saturated rings. The van der Waals surface area contributed by atoms with E-state index in [1.165, 1.54) is 24.3 Å². The van der Waals surface area contributed by atoms with Crippen LogP contribution in [-0.4, -0.2) is 16.4 Å². The van der Waals surface area contributed by atoms with Gasteiger partial charge in [-0.25, -0.2) is 0 Å². The third-order valence-corrected chi connectivity index (χ3v) is 3.27.